The van der Waals surface area contributed by atoms with Crippen LogP contribution >= 0.6 is 11.6 Å². The Kier molecular flexibility index (Phi) is 8.14. The summed E-state index contributed by atoms with van der Waals surface area (Å²) in [5.41, 5.74) is 4.71. The maximum absolute atomic E-state index is 13.2. The Labute approximate surface area is 219 Å². The molecule has 0 aliphatic heterocycles. The summed E-state index contributed by atoms with van der Waals surface area (Å²) < 4.78 is 13.2. The highest BCUT2D eigenvalue weighted by molar-refractivity contribution is 6.30. The molecule has 190 valence electrons. The van der Waals surface area contributed by atoms with E-state index in [0.29, 0.717) is 40.2 Å². The normalized spacial score (nSPS) is 12.8. The average Bonchev–Trinajstić information content (AvgIpc) is 2.87. The smallest absolute Gasteiger partial charge is 0.303 e. The monoisotopic (exact) mass is 519 g/mol. The van der Waals surface area contributed by atoms with Gasteiger partial charge in [-0.05, 0) is 73.7 Å². The fourth-order valence-electron chi connectivity index (χ4n) is 4.14. The van der Waals surface area contributed by atoms with E-state index >= 15 is 0 Å². The highest BCUT2D eigenvalue weighted by atomic mass is 35.5. The standard InChI is InChI=1S/C29H27ClFN3O3/c1-17(15-27(35)36)3-13-25-28(20-4-9-22(30)10-5-20)34-24-14-8-21(16-26(24)33-25)29(37)32-18(2)19-6-11-23(31)12-7-19/h4-12,14,16-18H,3,13,15H2,1-2H3,(H,32,37)(H,35,36)/t17-,18+/m0/s1. The van der Waals surface area contributed by atoms with Crippen LogP contribution in [-0.2, 0) is 11.2 Å². The van der Waals surface area contributed by atoms with Crippen LogP contribution < -0.4 is 5.32 Å². The second-order valence-corrected chi connectivity index (χ2v) is 9.65. The quantitative estimate of drug-likeness (QED) is 0.259. The van der Waals surface area contributed by atoms with Crippen molar-refractivity contribution >= 4 is 34.5 Å². The highest BCUT2D eigenvalue weighted by Gasteiger charge is 2.17. The number of carboxylic acid groups (broad SMARTS) is 1. The number of amides is 1. The van der Waals surface area contributed by atoms with Gasteiger partial charge in [-0.3, -0.25) is 9.59 Å². The molecule has 4 aromatic rings. The molecule has 1 amide bonds. The molecule has 1 aromatic heterocycles. The minimum absolute atomic E-state index is 0.0295. The third kappa shape index (κ3) is 6.68. The van der Waals surface area contributed by atoms with Crippen LogP contribution in [0.2, 0.25) is 5.02 Å². The van der Waals surface area contributed by atoms with Crippen molar-refractivity contribution in [2.24, 2.45) is 5.92 Å². The first-order valence-electron chi connectivity index (χ1n) is 12.0. The number of nitrogens with one attached hydrogen (secondary N) is 1. The van der Waals surface area contributed by atoms with Crippen molar-refractivity contribution in [1.82, 2.24) is 15.3 Å². The fraction of sp³-hybridized carbons (Fsp3) is 0.241. The Morgan fingerprint density at radius 3 is 2.35 bits per heavy atom. The molecule has 2 N–H and O–H groups in total. The van der Waals surface area contributed by atoms with Gasteiger partial charge in [0.25, 0.3) is 5.91 Å². The maximum atomic E-state index is 13.2. The Balaban J connectivity index is 1.64. The number of nitrogens with zero attached hydrogens (tertiary/aromatic N) is 2. The molecule has 2 atom stereocenters. The molecule has 6 nitrogen and oxygen atoms in total. The van der Waals surface area contributed by atoms with Crippen molar-refractivity contribution in [3.05, 3.63) is 94.4 Å². The van der Waals surface area contributed by atoms with Crippen LogP contribution in [-0.4, -0.2) is 27.0 Å². The molecular weight excluding hydrogens is 493 g/mol. The van der Waals surface area contributed by atoms with E-state index in [9.17, 15) is 14.0 Å². The summed E-state index contributed by atoms with van der Waals surface area (Å²) in [6.07, 6.45) is 1.24. The molecular formula is C29H27ClFN3O3. The van der Waals surface area contributed by atoms with Crippen LogP contribution in [0.1, 0.15) is 54.3 Å². The Bertz CT molecular complexity index is 1430. The molecule has 8 heteroatoms. The number of hydrogen-bond acceptors (Lipinski definition) is 4. The van der Waals surface area contributed by atoms with Gasteiger partial charge in [0.1, 0.15) is 5.82 Å². The second-order valence-electron chi connectivity index (χ2n) is 9.22. The zero-order valence-corrected chi connectivity index (χ0v) is 21.3. The molecule has 0 unspecified atom stereocenters. The fourth-order valence-corrected chi connectivity index (χ4v) is 4.27. The number of carbonyl (C=O) groups excluding carboxylic acids is 1. The molecule has 0 aliphatic rings. The molecule has 4 rings (SSSR count). The van der Waals surface area contributed by atoms with Gasteiger partial charge >= 0.3 is 5.97 Å². The van der Waals surface area contributed by atoms with Crippen LogP contribution in [0.25, 0.3) is 22.3 Å². The first kappa shape index (κ1) is 26.2. The number of benzene rings is 3. The zero-order valence-electron chi connectivity index (χ0n) is 20.5. The molecule has 0 aliphatic carbocycles. The number of carbonyl (C=O) groups is 2. The minimum atomic E-state index is -0.833. The number of aromatic nitrogens is 2. The second kappa shape index (κ2) is 11.5. The van der Waals surface area contributed by atoms with Gasteiger partial charge in [-0.1, -0.05) is 42.8 Å². The van der Waals surface area contributed by atoms with E-state index in [1.54, 1.807) is 42.5 Å². The summed E-state index contributed by atoms with van der Waals surface area (Å²) in [7, 11) is 0. The predicted molar refractivity (Wildman–Crippen MR) is 142 cm³/mol. The summed E-state index contributed by atoms with van der Waals surface area (Å²) in [5, 5.41) is 12.7. The Morgan fingerprint density at radius 2 is 1.68 bits per heavy atom. The lowest BCUT2D eigenvalue weighted by molar-refractivity contribution is -0.138. The van der Waals surface area contributed by atoms with Crippen LogP contribution in [0.15, 0.2) is 66.7 Å². The molecule has 0 saturated heterocycles. The molecule has 0 fully saturated rings. The number of rotatable bonds is 9. The lowest BCUT2D eigenvalue weighted by Gasteiger charge is -2.15. The van der Waals surface area contributed by atoms with E-state index in [1.165, 1.54) is 12.1 Å². The number of carboxylic acids is 1. The molecule has 3 aromatic carbocycles. The topological polar surface area (TPSA) is 92.2 Å². The SMILES string of the molecule is C[C@@H](CCc1nc2cc(C(=O)N[C@H](C)c3ccc(F)cc3)ccc2nc1-c1ccc(Cl)cc1)CC(=O)O. The van der Waals surface area contributed by atoms with Crippen molar-refractivity contribution in [2.75, 3.05) is 0 Å². The van der Waals surface area contributed by atoms with Gasteiger partial charge in [-0.15, -0.1) is 0 Å². The van der Waals surface area contributed by atoms with Gasteiger partial charge in [0, 0.05) is 22.6 Å². The third-order valence-electron chi connectivity index (χ3n) is 6.23. The van der Waals surface area contributed by atoms with E-state index in [0.717, 1.165) is 16.8 Å². The number of aliphatic carboxylic acids is 1. The van der Waals surface area contributed by atoms with Crippen molar-refractivity contribution in [3.8, 4) is 11.3 Å². The van der Waals surface area contributed by atoms with Crippen LogP contribution in [0.3, 0.4) is 0 Å². The van der Waals surface area contributed by atoms with Gasteiger partial charge in [-0.2, -0.15) is 0 Å². The maximum Gasteiger partial charge on any atom is 0.303 e. The van der Waals surface area contributed by atoms with E-state index in [1.807, 2.05) is 26.0 Å². The van der Waals surface area contributed by atoms with E-state index in [4.69, 9.17) is 26.7 Å². The first-order valence-corrected chi connectivity index (χ1v) is 12.4. The highest BCUT2D eigenvalue weighted by Crippen LogP contribution is 2.27. The first-order chi connectivity index (χ1) is 17.7. The van der Waals surface area contributed by atoms with Gasteiger partial charge < -0.3 is 10.4 Å². The molecule has 37 heavy (non-hydrogen) atoms. The van der Waals surface area contributed by atoms with Gasteiger partial charge in [0.2, 0.25) is 0 Å². The Hall–Kier alpha value is -3.84. The van der Waals surface area contributed by atoms with Crippen molar-refractivity contribution in [3.63, 3.8) is 0 Å². The third-order valence-corrected chi connectivity index (χ3v) is 6.48. The molecule has 0 radical (unpaired) electrons. The average molecular weight is 520 g/mol. The summed E-state index contributed by atoms with van der Waals surface area (Å²) in [4.78, 5) is 33.8. The number of hydrogen-bond donors (Lipinski definition) is 2. The summed E-state index contributed by atoms with van der Waals surface area (Å²) in [6, 6.07) is 18.2. The van der Waals surface area contributed by atoms with Gasteiger partial charge in [0.05, 0.1) is 28.5 Å². The van der Waals surface area contributed by atoms with Gasteiger partial charge in [0.15, 0.2) is 0 Å². The summed E-state index contributed by atoms with van der Waals surface area (Å²) in [6.45, 7) is 3.73. The minimum Gasteiger partial charge on any atom is -0.481 e. The van der Waals surface area contributed by atoms with Crippen LogP contribution in [0, 0.1) is 11.7 Å². The van der Waals surface area contributed by atoms with E-state index in [-0.39, 0.29) is 30.1 Å². The van der Waals surface area contributed by atoms with Crippen molar-refractivity contribution in [2.45, 2.75) is 39.2 Å². The lowest BCUT2D eigenvalue weighted by Crippen LogP contribution is -2.26. The van der Waals surface area contributed by atoms with E-state index in [2.05, 4.69) is 5.32 Å². The zero-order chi connectivity index (χ0) is 26.5. The molecule has 1 heterocycles. The Morgan fingerprint density at radius 1 is 0.973 bits per heavy atom. The van der Waals surface area contributed by atoms with E-state index < -0.39 is 5.97 Å². The summed E-state index contributed by atoms with van der Waals surface area (Å²) in [5.74, 6) is -1.47. The predicted octanol–water partition coefficient (Wildman–Crippen LogP) is 6.62. The molecule has 0 spiro atoms. The lowest BCUT2D eigenvalue weighted by atomic mass is 9.98. The van der Waals surface area contributed by atoms with Crippen molar-refractivity contribution < 1.29 is 19.1 Å². The van der Waals surface area contributed by atoms with Crippen LogP contribution in [0.4, 0.5) is 4.39 Å². The van der Waals surface area contributed by atoms with Gasteiger partial charge in [-0.25, -0.2) is 14.4 Å². The van der Waals surface area contributed by atoms with Crippen molar-refractivity contribution in [1.29, 1.82) is 0 Å². The molecule has 0 saturated carbocycles. The van der Waals surface area contributed by atoms with Crippen LogP contribution in [0.5, 0.6) is 0 Å². The number of halogens is 2. The number of fused-ring (bicyclic) bond motifs is 1. The number of aryl methyl sites for hydroxylation is 1. The molecule has 0 bridgehead atoms. The largest absolute Gasteiger partial charge is 0.481 e. The summed E-state index contributed by atoms with van der Waals surface area (Å²) >= 11 is 6.07.